The van der Waals surface area contributed by atoms with Crippen LogP contribution < -0.4 is 15.8 Å². The smallest absolute Gasteiger partial charge is 0.253 e. The van der Waals surface area contributed by atoms with Crippen LogP contribution in [0.2, 0.25) is 0 Å². The van der Waals surface area contributed by atoms with Crippen molar-refractivity contribution in [1.82, 2.24) is 15.2 Å². The van der Waals surface area contributed by atoms with E-state index in [1.807, 2.05) is 13.0 Å². The van der Waals surface area contributed by atoms with Gasteiger partial charge in [0.25, 0.3) is 11.5 Å². The van der Waals surface area contributed by atoms with Gasteiger partial charge in [0.1, 0.15) is 0 Å². The van der Waals surface area contributed by atoms with Crippen molar-refractivity contribution in [3.63, 3.8) is 0 Å². The molecule has 0 unspecified atom stereocenters. The standard InChI is InChI=1S/C41H54N4O4/c1-6-45(34-17-19-48-20-18-34)39-22-33(16-13-31-11-14-32(15-12-31)26-44-24-27(2)49-28(3)25-44)21-37(29(39)4)40(46)42-23-38-36-10-8-7-9-35(36)30(5)43-41(38)47/h11-16,21-22,27-28,34H,6-10,17-20,23-26H2,1-5H3,(H,42,46)(H,43,47)/b16-13+/t27-,28+. The van der Waals surface area contributed by atoms with Crippen molar-refractivity contribution >= 4 is 23.7 Å². The first-order valence-corrected chi connectivity index (χ1v) is 18.4. The van der Waals surface area contributed by atoms with Gasteiger partial charge in [0.2, 0.25) is 0 Å². The molecule has 0 radical (unpaired) electrons. The van der Waals surface area contributed by atoms with E-state index >= 15 is 0 Å². The molecule has 2 saturated heterocycles. The molecule has 0 bridgehead atoms. The SMILES string of the molecule is CCN(c1cc(/C=C/c2ccc(CN3C[C@@H](C)O[C@@H](C)C3)cc2)cc(C(=O)NCc2c3c(c(C)[nH]c2=O)CCCC3)c1C)C1CCOCC1. The van der Waals surface area contributed by atoms with Gasteiger partial charge in [0.05, 0.1) is 12.2 Å². The Balaban J connectivity index is 1.25. The third-order valence-corrected chi connectivity index (χ3v) is 10.6. The number of morpholine rings is 1. The molecular formula is C41H54N4O4. The molecule has 3 heterocycles. The Kier molecular flexibility index (Phi) is 11.4. The highest BCUT2D eigenvalue weighted by Crippen LogP contribution is 2.31. The fourth-order valence-corrected chi connectivity index (χ4v) is 8.13. The van der Waals surface area contributed by atoms with Gasteiger partial charge in [0, 0.05) is 74.5 Å². The molecule has 262 valence electrons. The first-order chi connectivity index (χ1) is 23.7. The number of fused-ring (bicyclic) bond motifs is 1. The van der Waals surface area contributed by atoms with Crippen LogP contribution in [-0.4, -0.2) is 66.9 Å². The molecule has 2 aliphatic heterocycles. The van der Waals surface area contributed by atoms with Gasteiger partial charge in [-0.15, -0.1) is 0 Å². The number of nitrogens with zero attached hydrogens (tertiary/aromatic N) is 2. The average molecular weight is 667 g/mol. The Morgan fingerprint density at radius 3 is 2.35 bits per heavy atom. The highest BCUT2D eigenvalue weighted by atomic mass is 16.5. The van der Waals surface area contributed by atoms with Gasteiger partial charge in [-0.05, 0) is 119 Å². The Hall–Kier alpha value is -3.72. The van der Waals surface area contributed by atoms with Crippen LogP contribution in [-0.2, 0) is 35.4 Å². The second kappa shape index (κ2) is 15.9. The van der Waals surface area contributed by atoms with Crippen molar-refractivity contribution in [2.75, 3.05) is 37.7 Å². The third-order valence-electron chi connectivity index (χ3n) is 10.6. The van der Waals surface area contributed by atoms with Gasteiger partial charge < -0.3 is 24.7 Å². The second-order valence-corrected chi connectivity index (χ2v) is 14.3. The van der Waals surface area contributed by atoms with Gasteiger partial charge in [-0.1, -0.05) is 36.4 Å². The molecule has 1 amide bonds. The average Bonchev–Trinajstić information content (AvgIpc) is 3.09. The fraction of sp³-hybridized carbons (Fsp3) is 0.512. The van der Waals surface area contributed by atoms with E-state index in [1.165, 1.54) is 11.1 Å². The number of aryl methyl sites for hydroxylation is 1. The highest BCUT2D eigenvalue weighted by molar-refractivity contribution is 5.98. The van der Waals surface area contributed by atoms with Crippen molar-refractivity contribution in [3.8, 4) is 0 Å². The molecule has 2 aromatic carbocycles. The second-order valence-electron chi connectivity index (χ2n) is 14.3. The maximum Gasteiger partial charge on any atom is 0.253 e. The first-order valence-electron chi connectivity index (χ1n) is 18.4. The number of pyridine rings is 1. The number of hydrogen-bond donors (Lipinski definition) is 2. The molecule has 8 heteroatoms. The molecule has 6 rings (SSSR count). The summed E-state index contributed by atoms with van der Waals surface area (Å²) in [5.41, 5.74) is 9.98. The van der Waals surface area contributed by atoms with Crippen LogP contribution in [0.4, 0.5) is 5.69 Å². The molecular weight excluding hydrogens is 612 g/mol. The molecule has 2 fully saturated rings. The van der Waals surface area contributed by atoms with Gasteiger partial charge >= 0.3 is 0 Å². The van der Waals surface area contributed by atoms with Crippen LogP contribution in [0.1, 0.15) is 101 Å². The van der Waals surface area contributed by atoms with Crippen molar-refractivity contribution in [3.05, 3.63) is 97.0 Å². The number of ether oxygens (including phenoxy) is 2. The molecule has 1 aromatic heterocycles. The summed E-state index contributed by atoms with van der Waals surface area (Å²) < 4.78 is 11.6. The summed E-state index contributed by atoms with van der Waals surface area (Å²) in [6.07, 6.45) is 10.7. The molecule has 1 aliphatic carbocycles. The van der Waals surface area contributed by atoms with Crippen molar-refractivity contribution in [1.29, 1.82) is 0 Å². The van der Waals surface area contributed by atoms with E-state index in [0.717, 1.165) is 112 Å². The minimum absolute atomic E-state index is 0.0932. The van der Waals surface area contributed by atoms with Crippen molar-refractivity contribution < 1.29 is 14.3 Å². The van der Waals surface area contributed by atoms with Gasteiger partial charge in [0.15, 0.2) is 0 Å². The monoisotopic (exact) mass is 666 g/mol. The number of H-pyrrole nitrogens is 1. The molecule has 3 aromatic rings. The summed E-state index contributed by atoms with van der Waals surface area (Å²) >= 11 is 0. The van der Waals surface area contributed by atoms with Crippen LogP contribution >= 0.6 is 0 Å². The number of hydrogen-bond acceptors (Lipinski definition) is 6. The number of amides is 1. The van der Waals surface area contributed by atoms with E-state index < -0.39 is 0 Å². The van der Waals surface area contributed by atoms with Gasteiger partial charge in [-0.25, -0.2) is 0 Å². The van der Waals surface area contributed by atoms with E-state index in [0.29, 0.717) is 17.2 Å². The minimum atomic E-state index is -0.155. The summed E-state index contributed by atoms with van der Waals surface area (Å²) in [7, 11) is 0. The number of carbonyl (C=O) groups is 1. The number of benzene rings is 2. The molecule has 3 aliphatic rings. The van der Waals surface area contributed by atoms with Crippen LogP contribution in [0.25, 0.3) is 12.2 Å². The quantitative estimate of drug-likeness (QED) is 0.238. The lowest BCUT2D eigenvalue weighted by Crippen LogP contribution is -2.44. The summed E-state index contributed by atoms with van der Waals surface area (Å²) in [5, 5.41) is 3.14. The number of anilines is 1. The van der Waals surface area contributed by atoms with Crippen LogP contribution in [0, 0.1) is 13.8 Å². The zero-order chi connectivity index (χ0) is 34.5. The normalized spacial score (nSPS) is 20.3. The zero-order valence-corrected chi connectivity index (χ0v) is 30.1. The molecule has 2 N–H and O–H groups in total. The third kappa shape index (κ3) is 8.36. The maximum absolute atomic E-state index is 14.0. The van der Waals surface area contributed by atoms with E-state index in [1.54, 1.807) is 0 Å². The Morgan fingerprint density at radius 2 is 1.65 bits per heavy atom. The van der Waals surface area contributed by atoms with E-state index in [9.17, 15) is 9.59 Å². The van der Waals surface area contributed by atoms with E-state index in [4.69, 9.17) is 9.47 Å². The Bertz CT molecular complexity index is 1700. The predicted octanol–water partition coefficient (Wildman–Crippen LogP) is 6.59. The molecule has 49 heavy (non-hydrogen) atoms. The number of nitrogens with one attached hydrogen (secondary N) is 2. The molecule has 2 atom stereocenters. The summed E-state index contributed by atoms with van der Waals surface area (Å²) in [6.45, 7) is 15.9. The Labute approximate surface area is 291 Å². The highest BCUT2D eigenvalue weighted by Gasteiger charge is 2.26. The topological polar surface area (TPSA) is 86.9 Å². The molecule has 8 nitrogen and oxygen atoms in total. The van der Waals surface area contributed by atoms with E-state index in [-0.39, 0.29) is 30.2 Å². The lowest BCUT2D eigenvalue weighted by Gasteiger charge is -2.36. The lowest BCUT2D eigenvalue weighted by atomic mass is 9.88. The fourth-order valence-electron chi connectivity index (χ4n) is 8.13. The molecule has 0 spiro atoms. The lowest BCUT2D eigenvalue weighted by molar-refractivity contribution is -0.0704. The number of aromatic nitrogens is 1. The van der Waals surface area contributed by atoms with Crippen LogP contribution in [0.5, 0.6) is 0 Å². The first kappa shape index (κ1) is 35.1. The summed E-state index contributed by atoms with van der Waals surface area (Å²) in [4.78, 5) is 35.0. The Morgan fingerprint density at radius 1 is 0.980 bits per heavy atom. The minimum Gasteiger partial charge on any atom is -0.381 e. The van der Waals surface area contributed by atoms with Crippen LogP contribution in [0.3, 0.4) is 0 Å². The van der Waals surface area contributed by atoms with Crippen LogP contribution in [0.15, 0.2) is 41.2 Å². The number of aromatic amines is 1. The van der Waals surface area contributed by atoms with Gasteiger partial charge in [-0.2, -0.15) is 0 Å². The predicted molar refractivity (Wildman–Crippen MR) is 198 cm³/mol. The van der Waals surface area contributed by atoms with Crippen molar-refractivity contribution in [2.24, 2.45) is 0 Å². The molecule has 0 saturated carbocycles. The van der Waals surface area contributed by atoms with Crippen molar-refractivity contribution in [2.45, 2.75) is 104 Å². The van der Waals surface area contributed by atoms with Gasteiger partial charge in [-0.3, -0.25) is 14.5 Å². The maximum atomic E-state index is 14.0. The summed E-state index contributed by atoms with van der Waals surface area (Å²) in [5.74, 6) is -0.155. The number of rotatable bonds is 10. The largest absolute Gasteiger partial charge is 0.381 e. The zero-order valence-electron chi connectivity index (χ0n) is 30.1. The summed E-state index contributed by atoms with van der Waals surface area (Å²) in [6, 6.07) is 13.3. The number of carbonyl (C=O) groups excluding carboxylic acids is 1. The van der Waals surface area contributed by atoms with E-state index in [2.05, 4.69) is 90.3 Å².